The molecule has 15 heavy (non-hydrogen) atoms. The molecule has 1 aromatic rings. The summed E-state index contributed by atoms with van der Waals surface area (Å²) in [6.07, 6.45) is 9.96. The molecule has 0 saturated heterocycles. The van der Waals surface area contributed by atoms with Gasteiger partial charge in [0, 0.05) is 31.9 Å². The van der Waals surface area contributed by atoms with Crippen LogP contribution in [0.5, 0.6) is 0 Å². The summed E-state index contributed by atoms with van der Waals surface area (Å²) in [6, 6.07) is 0.468. The Kier molecular flexibility index (Phi) is 3.38. The summed E-state index contributed by atoms with van der Waals surface area (Å²) >= 11 is 0. The Labute approximate surface area is 90.8 Å². The van der Waals surface area contributed by atoms with Gasteiger partial charge in [0.05, 0.1) is 0 Å². The standard InChI is InChI=1S/C11H20N4/c1-15-8-7-13-11(15)6-5-10(14-12)9-3-2-4-9/h7-10,14H,2-6,12H2,1H3. The highest BCUT2D eigenvalue weighted by atomic mass is 15.2. The number of imidazole rings is 1. The van der Waals surface area contributed by atoms with E-state index in [2.05, 4.69) is 15.0 Å². The van der Waals surface area contributed by atoms with Gasteiger partial charge in [-0.1, -0.05) is 6.42 Å². The maximum atomic E-state index is 5.58. The van der Waals surface area contributed by atoms with Gasteiger partial charge in [0.1, 0.15) is 5.82 Å². The second-order valence-electron chi connectivity index (χ2n) is 4.46. The summed E-state index contributed by atoms with van der Waals surface area (Å²) in [5.74, 6) is 7.52. The molecular weight excluding hydrogens is 188 g/mol. The minimum Gasteiger partial charge on any atom is -0.338 e. The van der Waals surface area contributed by atoms with Crippen molar-refractivity contribution < 1.29 is 0 Å². The van der Waals surface area contributed by atoms with Crippen molar-refractivity contribution in [3.8, 4) is 0 Å². The Balaban J connectivity index is 1.83. The largest absolute Gasteiger partial charge is 0.338 e. The van der Waals surface area contributed by atoms with Gasteiger partial charge >= 0.3 is 0 Å². The van der Waals surface area contributed by atoms with E-state index < -0.39 is 0 Å². The molecule has 2 rings (SSSR count). The Morgan fingerprint density at radius 3 is 2.93 bits per heavy atom. The number of rotatable bonds is 5. The molecule has 1 unspecified atom stereocenters. The van der Waals surface area contributed by atoms with E-state index in [1.807, 2.05) is 19.4 Å². The normalized spacial score (nSPS) is 18.8. The number of nitrogens with two attached hydrogens (primary N) is 1. The van der Waals surface area contributed by atoms with Gasteiger partial charge in [-0.2, -0.15) is 0 Å². The summed E-state index contributed by atoms with van der Waals surface area (Å²) < 4.78 is 2.08. The van der Waals surface area contributed by atoms with Crippen molar-refractivity contribution in [2.45, 2.75) is 38.1 Å². The van der Waals surface area contributed by atoms with Crippen LogP contribution in [-0.4, -0.2) is 15.6 Å². The van der Waals surface area contributed by atoms with Crippen LogP contribution in [0.25, 0.3) is 0 Å². The van der Waals surface area contributed by atoms with Gasteiger partial charge < -0.3 is 4.57 Å². The van der Waals surface area contributed by atoms with Crippen LogP contribution >= 0.6 is 0 Å². The second kappa shape index (κ2) is 4.77. The highest BCUT2D eigenvalue weighted by Crippen LogP contribution is 2.30. The van der Waals surface area contributed by atoms with Gasteiger partial charge in [0.25, 0.3) is 0 Å². The van der Waals surface area contributed by atoms with E-state index in [9.17, 15) is 0 Å². The van der Waals surface area contributed by atoms with Gasteiger partial charge in [-0.05, 0) is 25.2 Å². The first-order valence-electron chi connectivity index (χ1n) is 5.73. The highest BCUT2D eigenvalue weighted by Gasteiger charge is 2.26. The molecular formula is C11H20N4. The van der Waals surface area contributed by atoms with Crippen molar-refractivity contribution in [3.05, 3.63) is 18.2 Å². The molecule has 4 nitrogen and oxygen atoms in total. The van der Waals surface area contributed by atoms with Crippen molar-refractivity contribution in [1.29, 1.82) is 0 Å². The van der Waals surface area contributed by atoms with Crippen LogP contribution in [0, 0.1) is 5.92 Å². The molecule has 0 radical (unpaired) electrons. The molecule has 1 aromatic heterocycles. The van der Waals surface area contributed by atoms with E-state index >= 15 is 0 Å². The lowest BCUT2D eigenvalue weighted by Crippen LogP contribution is -2.43. The second-order valence-corrected chi connectivity index (χ2v) is 4.46. The first-order chi connectivity index (χ1) is 7.31. The van der Waals surface area contributed by atoms with Gasteiger partial charge in [-0.25, -0.2) is 4.98 Å². The maximum absolute atomic E-state index is 5.58. The highest BCUT2D eigenvalue weighted by molar-refractivity contribution is 4.93. The summed E-state index contributed by atoms with van der Waals surface area (Å²) in [7, 11) is 2.04. The molecule has 1 atom stereocenters. The Morgan fingerprint density at radius 1 is 1.67 bits per heavy atom. The predicted octanol–water partition coefficient (Wildman–Crippen LogP) is 0.985. The molecule has 0 spiro atoms. The zero-order valence-corrected chi connectivity index (χ0v) is 9.32. The lowest BCUT2D eigenvalue weighted by atomic mass is 9.78. The minimum atomic E-state index is 0.468. The number of nitrogens with one attached hydrogen (secondary N) is 1. The van der Waals surface area contributed by atoms with Crippen molar-refractivity contribution in [2.75, 3.05) is 0 Å². The summed E-state index contributed by atoms with van der Waals surface area (Å²) in [5.41, 5.74) is 2.95. The fourth-order valence-corrected chi connectivity index (χ4v) is 2.22. The van der Waals surface area contributed by atoms with Gasteiger partial charge in [-0.15, -0.1) is 0 Å². The van der Waals surface area contributed by atoms with Gasteiger partial charge in [-0.3, -0.25) is 11.3 Å². The lowest BCUT2D eigenvalue weighted by Gasteiger charge is -2.33. The summed E-state index contributed by atoms with van der Waals surface area (Å²) in [6.45, 7) is 0. The third kappa shape index (κ3) is 2.38. The molecule has 0 aliphatic heterocycles. The molecule has 3 N–H and O–H groups in total. The molecule has 4 heteroatoms. The topological polar surface area (TPSA) is 55.9 Å². The number of hydrogen-bond donors (Lipinski definition) is 2. The Hall–Kier alpha value is -0.870. The number of aromatic nitrogens is 2. The zero-order chi connectivity index (χ0) is 10.7. The molecule has 1 heterocycles. The van der Waals surface area contributed by atoms with E-state index in [0.717, 1.165) is 24.6 Å². The van der Waals surface area contributed by atoms with E-state index in [0.29, 0.717) is 6.04 Å². The molecule has 1 aliphatic carbocycles. The monoisotopic (exact) mass is 208 g/mol. The first kappa shape index (κ1) is 10.6. The molecule has 0 amide bonds. The molecule has 1 fully saturated rings. The molecule has 0 bridgehead atoms. The quantitative estimate of drug-likeness (QED) is 0.560. The molecule has 1 aliphatic rings. The fourth-order valence-electron chi connectivity index (χ4n) is 2.22. The van der Waals surface area contributed by atoms with Gasteiger partial charge in [0.2, 0.25) is 0 Å². The van der Waals surface area contributed by atoms with E-state index in [1.165, 1.54) is 19.3 Å². The lowest BCUT2D eigenvalue weighted by molar-refractivity contribution is 0.220. The van der Waals surface area contributed by atoms with E-state index in [4.69, 9.17) is 5.84 Å². The van der Waals surface area contributed by atoms with Crippen LogP contribution in [0.2, 0.25) is 0 Å². The molecule has 0 aromatic carbocycles. The predicted molar refractivity (Wildman–Crippen MR) is 60.0 cm³/mol. The maximum Gasteiger partial charge on any atom is 0.108 e. The van der Waals surface area contributed by atoms with Crippen LogP contribution in [0.4, 0.5) is 0 Å². The Morgan fingerprint density at radius 2 is 2.47 bits per heavy atom. The Bertz CT molecular complexity index is 303. The van der Waals surface area contributed by atoms with E-state index in [1.54, 1.807) is 0 Å². The van der Waals surface area contributed by atoms with Crippen molar-refractivity contribution >= 4 is 0 Å². The van der Waals surface area contributed by atoms with E-state index in [-0.39, 0.29) is 0 Å². The summed E-state index contributed by atoms with van der Waals surface area (Å²) in [5, 5.41) is 0. The van der Waals surface area contributed by atoms with Crippen molar-refractivity contribution in [1.82, 2.24) is 15.0 Å². The average Bonchev–Trinajstić information content (AvgIpc) is 2.55. The first-order valence-corrected chi connectivity index (χ1v) is 5.73. The SMILES string of the molecule is Cn1ccnc1CCC(NN)C1CCC1. The van der Waals surface area contributed by atoms with Gasteiger partial charge in [0.15, 0.2) is 0 Å². The number of hydrogen-bond acceptors (Lipinski definition) is 3. The smallest absolute Gasteiger partial charge is 0.108 e. The number of aryl methyl sites for hydroxylation is 2. The van der Waals surface area contributed by atoms with Crippen LogP contribution in [0.3, 0.4) is 0 Å². The zero-order valence-electron chi connectivity index (χ0n) is 9.32. The number of nitrogens with zero attached hydrogens (tertiary/aromatic N) is 2. The van der Waals surface area contributed by atoms with Crippen molar-refractivity contribution in [3.63, 3.8) is 0 Å². The van der Waals surface area contributed by atoms with Crippen LogP contribution in [0.1, 0.15) is 31.5 Å². The van der Waals surface area contributed by atoms with Crippen LogP contribution < -0.4 is 11.3 Å². The number of hydrazine groups is 1. The molecule has 84 valence electrons. The molecule has 1 saturated carbocycles. The minimum absolute atomic E-state index is 0.468. The third-order valence-corrected chi connectivity index (χ3v) is 3.53. The third-order valence-electron chi connectivity index (χ3n) is 3.53. The van der Waals surface area contributed by atoms with Crippen molar-refractivity contribution in [2.24, 2.45) is 18.8 Å². The van der Waals surface area contributed by atoms with Crippen LogP contribution in [0.15, 0.2) is 12.4 Å². The van der Waals surface area contributed by atoms with Crippen LogP contribution in [-0.2, 0) is 13.5 Å². The fraction of sp³-hybridized carbons (Fsp3) is 0.727. The average molecular weight is 208 g/mol. The summed E-state index contributed by atoms with van der Waals surface area (Å²) in [4.78, 5) is 4.32.